The van der Waals surface area contributed by atoms with Gasteiger partial charge in [0.15, 0.2) is 5.78 Å². The lowest BCUT2D eigenvalue weighted by Crippen LogP contribution is -2.37. The summed E-state index contributed by atoms with van der Waals surface area (Å²) in [7, 11) is 0. The second kappa shape index (κ2) is 5.61. The summed E-state index contributed by atoms with van der Waals surface area (Å²) in [6.45, 7) is 4.53. The van der Waals surface area contributed by atoms with Gasteiger partial charge in [0, 0.05) is 13.0 Å². The maximum Gasteiger partial charge on any atom is 0.164 e. The molecule has 0 spiro atoms. The van der Waals surface area contributed by atoms with Crippen LogP contribution in [-0.2, 0) is 9.53 Å². The van der Waals surface area contributed by atoms with Crippen LogP contribution in [0.2, 0.25) is 0 Å². The van der Waals surface area contributed by atoms with Crippen LogP contribution in [0.5, 0.6) is 0 Å². The third-order valence-electron chi connectivity index (χ3n) is 3.41. The van der Waals surface area contributed by atoms with Crippen molar-refractivity contribution >= 4 is 5.78 Å². The molecule has 1 aliphatic heterocycles. The monoisotopic (exact) mass is 214 g/mol. The van der Waals surface area contributed by atoms with Gasteiger partial charge in [0.2, 0.25) is 0 Å². The lowest BCUT2D eigenvalue weighted by molar-refractivity contribution is -0.138. The van der Waals surface area contributed by atoms with Gasteiger partial charge in [-0.2, -0.15) is 0 Å². The third-order valence-corrected chi connectivity index (χ3v) is 3.41. The first kappa shape index (κ1) is 12.7. The molecular weight excluding hydrogens is 192 g/mol. The largest absolute Gasteiger partial charge is 0.382 e. The van der Waals surface area contributed by atoms with Crippen LogP contribution in [0.25, 0.3) is 0 Å². The van der Waals surface area contributed by atoms with Gasteiger partial charge in [-0.25, -0.2) is 0 Å². The highest BCUT2D eigenvalue weighted by Gasteiger charge is 2.31. The lowest BCUT2D eigenvalue weighted by Gasteiger charge is -2.23. The summed E-state index contributed by atoms with van der Waals surface area (Å²) >= 11 is 0. The van der Waals surface area contributed by atoms with E-state index in [4.69, 9.17) is 4.74 Å². The second-order valence-corrected chi connectivity index (χ2v) is 4.34. The SMILES string of the molecule is CCC(O)(CC)C(=O)CCC1CCCO1. The summed E-state index contributed by atoms with van der Waals surface area (Å²) in [5.74, 6) is -0.0250. The fourth-order valence-corrected chi connectivity index (χ4v) is 2.04. The molecule has 15 heavy (non-hydrogen) atoms. The molecule has 0 aromatic heterocycles. The first-order chi connectivity index (χ1) is 7.12. The molecule has 1 atom stereocenters. The van der Waals surface area contributed by atoms with Gasteiger partial charge in [-0.1, -0.05) is 13.8 Å². The highest BCUT2D eigenvalue weighted by molar-refractivity contribution is 5.86. The Morgan fingerprint density at radius 3 is 2.60 bits per heavy atom. The van der Waals surface area contributed by atoms with E-state index in [1.807, 2.05) is 13.8 Å². The van der Waals surface area contributed by atoms with Gasteiger partial charge in [-0.15, -0.1) is 0 Å². The fraction of sp³-hybridized carbons (Fsp3) is 0.917. The molecule has 1 heterocycles. The van der Waals surface area contributed by atoms with Crippen molar-refractivity contribution in [1.82, 2.24) is 0 Å². The number of carbonyl (C=O) groups excluding carboxylic acids is 1. The van der Waals surface area contributed by atoms with Gasteiger partial charge < -0.3 is 9.84 Å². The van der Waals surface area contributed by atoms with Crippen molar-refractivity contribution in [2.45, 2.75) is 64.1 Å². The number of hydrogen-bond donors (Lipinski definition) is 1. The minimum atomic E-state index is -1.10. The van der Waals surface area contributed by atoms with Crippen LogP contribution >= 0.6 is 0 Å². The molecule has 0 radical (unpaired) electrons. The number of ketones is 1. The van der Waals surface area contributed by atoms with E-state index in [1.54, 1.807) is 0 Å². The van der Waals surface area contributed by atoms with Crippen molar-refractivity contribution in [3.05, 3.63) is 0 Å². The van der Waals surface area contributed by atoms with Gasteiger partial charge in [-0.3, -0.25) is 4.79 Å². The Morgan fingerprint density at radius 1 is 1.47 bits per heavy atom. The Hall–Kier alpha value is -0.410. The van der Waals surface area contributed by atoms with Crippen molar-refractivity contribution in [3.8, 4) is 0 Å². The van der Waals surface area contributed by atoms with Crippen LogP contribution in [0.3, 0.4) is 0 Å². The molecule has 1 unspecified atom stereocenters. The van der Waals surface area contributed by atoms with Crippen LogP contribution in [0, 0.1) is 0 Å². The zero-order valence-corrected chi connectivity index (χ0v) is 9.79. The summed E-state index contributed by atoms with van der Waals surface area (Å²) < 4.78 is 5.45. The van der Waals surface area contributed by atoms with E-state index in [1.165, 1.54) is 0 Å². The predicted octanol–water partition coefficient (Wildman–Crippen LogP) is 2.07. The first-order valence-electron chi connectivity index (χ1n) is 5.99. The minimum absolute atomic E-state index is 0.0250. The molecular formula is C12H22O3. The van der Waals surface area contributed by atoms with Gasteiger partial charge >= 0.3 is 0 Å². The van der Waals surface area contributed by atoms with Gasteiger partial charge in [-0.05, 0) is 32.1 Å². The molecule has 88 valence electrons. The lowest BCUT2D eigenvalue weighted by atomic mass is 9.89. The number of ether oxygens (including phenoxy) is 1. The molecule has 0 amide bonds. The summed E-state index contributed by atoms with van der Waals surface area (Å²) in [5, 5.41) is 9.98. The molecule has 1 fully saturated rings. The number of hydrogen-bond acceptors (Lipinski definition) is 3. The molecule has 0 bridgehead atoms. The molecule has 0 aromatic carbocycles. The van der Waals surface area contributed by atoms with Crippen LogP contribution in [0.15, 0.2) is 0 Å². The Balaban J connectivity index is 2.33. The van der Waals surface area contributed by atoms with E-state index < -0.39 is 5.60 Å². The Morgan fingerprint density at radius 2 is 2.13 bits per heavy atom. The van der Waals surface area contributed by atoms with Crippen LogP contribution in [0.4, 0.5) is 0 Å². The van der Waals surface area contributed by atoms with Crippen molar-refractivity contribution in [3.63, 3.8) is 0 Å². The highest BCUT2D eigenvalue weighted by Crippen LogP contribution is 2.22. The molecule has 1 saturated heterocycles. The van der Waals surface area contributed by atoms with Crippen molar-refractivity contribution in [2.75, 3.05) is 6.61 Å². The molecule has 0 aliphatic carbocycles. The summed E-state index contributed by atoms with van der Waals surface area (Å²) in [6.07, 6.45) is 4.63. The molecule has 3 heteroatoms. The van der Waals surface area contributed by atoms with Crippen LogP contribution in [0.1, 0.15) is 52.4 Å². The Bertz CT molecular complexity index is 203. The smallest absolute Gasteiger partial charge is 0.164 e. The number of aliphatic hydroxyl groups is 1. The van der Waals surface area contributed by atoms with Gasteiger partial charge in [0.05, 0.1) is 6.10 Å². The molecule has 3 nitrogen and oxygen atoms in total. The average molecular weight is 214 g/mol. The Kier molecular flexibility index (Phi) is 4.74. The van der Waals surface area contributed by atoms with Crippen LogP contribution in [-0.4, -0.2) is 29.2 Å². The summed E-state index contributed by atoms with van der Waals surface area (Å²) in [6, 6.07) is 0. The van der Waals surface area contributed by atoms with E-state index in [2.05, 4.69) is 0 Å². The minimum Gasteiger partial charge on any atom is -0.382 e. The van der Waals surface area contributed by atoms with Crippen molar-refractivity contribution in [1.29, 1.82) is 0 Å². The predicted molar refractivity (Wildman–Crippen MR) is 58.7 cm³/mol. The Labute approximate surface area is 91.8 Å². The molecule has 1 aliphatic rings. The summed E-state index contributed by atoms with van der Waals surface area (Å²) in [5.41, 5.74) is -1.10. The fourth-order valence-electron chi connectivity index (χ4n) is 2.04. The van der Waals surface area contributed by atoms with Crippen molar-refractivity contribution in [2.24, 2.45) is 0 Å². The van der Waals surface area contributed by atoms with E-state index in [9.17, 15) is 9.90 Å². The standard InChI is InChI=1S/C12H22O3/c1-3-12(14,4-2)11(13)8-7-10-6-5-9-15-10/h10,14H,3-9H2,1-2H3. The maximum atomic E-state index is 11.8. The molecule has 0 saturated carbocycles. The van der Waals surface area contributed by atoms with E-state index in [-0.39, 0.29) is 11.9 Å². The zero-order chi connectivity index (χ0) is 11.3. The quantitative estimate of drug-likeness (QED) is 0.736. The highest BCUT2D eigenvalue weighted by atomic mass is 16.5. The van der Waals surface area contributed by atoms with Gasteiger partial charge in [0.1, 0.15) is 5.60 Å². The van der Waals surface area contributed by atoms with Crippen molar-refractivity contribution < 1.29 is 14.6 Å². The van der Waals surface area contributed by atoms with E-state index in [0.717, 1.165) is 25.9 Å². The second-order valence-electron chi connectivity index (χ2n) is 4.34. The maximum absolute atomic E-state index is 11.8. The number of Topliss-reactive ketones (excluding diaryl/α,β-unsaturated/α-hetero) is 1. The first-order valence-corrected chi connectivity index (χ1v) is 5.99. The number of carbonyl (C=O) groups is 1. The average Bonchev–Trinajstić information content (AvgIpc) is 2.77. The molecule has 1 rings (SSSR count). The van der Waals surface area contributed by atoms with E-state index >= 15 is 0 Å². The normalized spacial score (nSPS) is 21.9. The molecule has 0 aromatic rings. The topological polar surface area (TPSA) is 46.5 Å². The summed E-state index contributed by atoms with van der Waals surface area (Å²) in [4.78, 5) is 11.8. The zero-order valence-electron chi connectivity index (χ0n) is 9.79. The van der Waals surface area contributed by atoms with E-state index in [0.29, 0.717) is 19.3 Å². The van der Waals surface area contributed by atoms with Gasteiger partial charge in [0.25, 0.3) is 0 Å². The number of rotatable bonds is 6. The third kappa shape index (κ3) is 3.28. The van der Waals surface area contributed by atoms with Crippen LogP contribution < -0.4 is 0 Å². The molecule has 1 N–H and O–H groups in total.